The third kappa shape index (κ3) is 5.36. The van der Waals surface area contributed by atoms with Gasteiger partial charge in [0, 0.05) is 13.2 Å². The van der Waals surface area contributed by atoms with Crippen LogP contribution in [0.3, 0.4) is 0 Å². The zero-order valence-electron chi connectivity index (χ0n) is 5.49. The van der Waals surface area contributed by atoms with Gasteiger partial charge in [-0.1, -0.05) is 11.1 Å². The van der Waals surface area contributed by atoms with Gasteiger partial charge in [-0.2, -0.15) is 0 Å². The highest BCUT2D eigenvalue weighted by atomic mass is 79.9. The summed E-state index contributed by atoms with van der Waals surface area (Å²) in [4.78, 5) is 0. The zero-order chi connectivity index (χ0) is 7.33. The van der Waals surface area contributed by atoms with E-state index in [4.69, 9.17) is 19.9 Å². The van der Waals surface area contributed by atoms with Gasteiger partial charge in [0.2, 0.25) is 0 Å². The van der Waals surface area contributed by atoms with Crippen molar-refractivity contribution in [1.82, 2.24) is 0 Å². The van der Waals surface area contributed by atoms with Crippen LogP contribution in [0.2, 0.25) is 0 Å². The minimum Gasteiger partial charge on any atom is -0.375 e. The number of halogens is 2. The van der Waals surface area contributed by atoms with Crippen LogP contribution in [-0.4, -0.2) is 19.7 Å². The van der Waals surface area contributed by atoms with Crippen LogP contribution in [0.15, 0.2) is 0 Å². The predicted molar refractivity (Wildman–Crippen MR) is 43.8 cm³/mol. The van der Waals surface area contributed by atoms with Crippen molar-refractivity contribution in [2.24, 2.45) is 0 Å². The first kappa shape index (κ1) is 9.91. The maximum atomic E-state index is 5.75. The standard InChI is InChI=1S/C4H10BrClO2Si/c1-3-7-9(5,6)8-4-2/h3-4H2,1-2H3. The second-order valence-corrected chi connectivity index (χ2v) is 8.83. The lowest BCUT2D eigenvalue weighted by Gasteiger charge is -2.14. The van der Waals surface area contributed by atoms with E-state index in [1.165, 1.54) is 0 Å². The first-order valence-electron chi connectivity index (χ1n) is 2.78. The molecular weight excluding hydrogens is 223 g/mol. The highest BCUT2D eigenvalue weighted by molar-refractivity contribution is 9.26. The molecule has 0 saturated heterocycles. The lowest BCUT2D eigenvalue weighted by atomic mass is 10.9. The van der Waals surface area contributed by atoms with Gasteiger partial charge in [0.1, 0.15) is 0 Å². The number of hydrogen-bond donors (Lipinski definition) is 0. The third-order valence-corrected chi connectivity index (χ3v) is 3.90. The van der Waals surface area contributed by atoms with E-state index in [1.807, 2.05) is 13.8 Å². The molecule has 0 saturated carbocycles. The molecule has 0 rings (SSSR count). The molecule has 0 aromatic heterocycles. The second-order valence-electron chi connectivity index (χ2n) is 1.33. The maximum Gasteiger partial charge on any atom is 0.520 e. The van der Waals surface area contributed by atoms with Gasteiger partial charge in [0.15, 0.2) is 0 Å². The molecule has 0 aromatic carbocycles. The van der Waals surface area contributed by atoms with Crippen LogP contribution in [0.1, 0.15) is 13.8 Å². The van der Waals surface area contributed by atoms with E-state index in [1.54, 1.807) is 0 Å². The smallest absolute Gasteiger partial charge is 0.375 e. The van der Waals surface area contributed by atoms with E-state index in [-0.39, 0.29) is 0 Å². The monoisotopic (exact) mass is 232 g/mol. The Balaban J connectivity index is 3.43. The molecule has 0 unspecified atom stereocenters. The highest BCUT2D eigenvalue weighted by Gasteiger charge is 2.31. The molecule has 9 heavy (non-hydrogen) atoms. The average Bonchev–Trinajstić information content (AvgIpc) is 1.64. The van der Waals surface area contributed by atoms with Crippen molar-refractivity contribution < 1.29 is 8.85 Å². The summed E-state index contributed by atoms with van der Waals surface area (Å²) in [5.74, 6) is 0. The average molecular weight is 234 g/mol. The van der Waals surface area contributed by atoms with Gasteiger partial charge in [-0.25, -0.2) is 0 Å². The lowest BCUT2D eigenvalue weighted by molar-refractivity contribution is 0.226. The van der Waals surface area contributed by atoms with Gasteiger partial charge in [0.05, 0.1) is 0 Å². The van der Waals surface area contributed by atoms with Gasteiger partial charge in [0.25, 0.3) is 0 Å². The molecule has 0 bridgehead atoms. The van der Waals surface area contributed by atoms with Crippen molar-refractivity contribution in [1.29, 1.82) is 0 Å². The zero-order valence-corrected chi connectivity index (χ0v) is 8.83. The van der Waals surface area contributed by atoms with E-state index < -0.39 is 6.49 Å². The number of rotatable bonds is 4. The van der Waals surface area contributed by atoms with Crippen molar-refractivity contribution in [3.63, 3.8) is 0 Å². The Labute approximate surface area is 69.0 Å². The fourth-order valence-corrected chi connectivity index (χ4v) is 3.16. The highest BCUT2D eigenvalue weighted by Crippen LogP contribution is 2.19. The molecule has 5 heteroatoms. The fourth-order valence-electron chi connectivity index (χ4n) is 0.378. The first-order valence-corrected chi connectivity index (χ1v) is 7.86. The van der Waals surface area contributed by atoms with E-state index in [9.17, 15) is 0 Å². The molecule has 0 amide bonds. The number of hydrogen-bond acceptors (Lipinski definition) is 2. The summed E-state index contributed by atoms with van der Waals surface area (Å²) in [6.07, 6.45) is 0. The van der Waals surface area contributed by atoms with Crippen molar-refractivity contribution in [3.05, 3.63) is 0 Å². The molecule has 0 aliphatic heterocycles. The Bertz CT molecular complexity index is 73.0. The second kappa shape index (κ2) is 4.68. The van der Waals surface area contributed by atoms with E-state index in [0.717, 1.165) is 0 Å². The molecule has 0 N–H and O–H groups in total. The summed E-state index contributed by atoms with van der Waals surface area (Å²) < 4.78 is 10.1. The van der Waals surface area contributed by atoms with Gasteiger partial charge in [-0.3, -0.25) is 0 Å². The topological polar surface area (TPSA) is 18.5 Å². The lowest BCUT2D eigenvalue weighted by Crippen LogP contribution is -2.28. The molecule has 0 fully saturated rings. The van der Waals surface area contributed by atoms with Crippen molar-refractivity contribution in [2.75, 3.05) is 13.2 Å². The van der Waals surface area contributed by atoms with Gasteiger partial charge in [-0.15, -0.1) is 0 Å². The molecule has 0 heterocycles. The molecule has 0 radical (unpaired) electrons. The Kier molecular flexibility index (Phi) is 5.15. The van der Waals surface area contributed by atoms with Crippen LogP contribution in [0.5, 0.6) is 0 Å². The van der Waals surface area contributed by atoms with E-state index >= 15 is 0 Å². The van der Waals surface area contributed by atoms with E-state index in [2.05, 4.69) is 15.3 Å². The summed E-state index contributed by atoms with van der Waals surface area (Å²) >= 11 is 8.91. The van der Waals surface area contributed by atoms with Crippen LogP contribution < -0.4 is 0 Å². The molecular formula is C4H10BrClO2Si. The van der Waals surface area contributed by atoms with Crippen molar-refractivity contribution in [2.45, 2.75) is 13.8 Å². The summed E-state index contributed by atoms with van der Waals surface area (Å²) in [5, 5.41) is 0. The quantitative estimate of drug-likeness (QED) is 0.547. The Morgan fingerprint density at radius 2 is 1.67 bits per heavy atom. The first-order chi connectivity index (χ1) is 4.12. The SMILES string of the molecule is CCO[Si](Cl)(Br)OCC. The molecule has 0 spiro atoms. The molecule has 0 atom stereocenters. The van der Waals surface area contributed by atoms with Crippen molar-refractivity contribution >= 4 is 32.9 Å². The van der Waals surface area contributed by atoms with Crippen LogP contribution in [0, 0.1) is 0 Å². The van der Waals surface area contributed by atoms with Crippen LogP contribution in [0.4, 0.5) is 0 Å². The maximum absolute atomic E-state index is 5.75. The Morgan fingerprint density at radius 3 is 1.89 bits per heavy atom. The fraction of sp³-hybridized carbons (Fsp3) is 1.00. The molecule has 2 nitrogen and oxygen atoms in total. The summed E-state index contributed by atoms with van der Waals surface area (Å²) in [6.45, 7) is 2.51. The summed E-state index contributed by atoms with van der Waals surface area (Å²) in [6, 6.07) is 0. The Morgan fingerprint density at radius 1 is 1.33 bits per heavy atom. The summed E-state index contributed by atoms with van der Waals surface area (Å²) in [5.41, 5.74) is 0. The van der Waals surface area contributed by atoms with Crippen LogP contribution >= 0.6 is 26.4 Å². The van der Waals surface area contributed by atoms with Gasteiger partial charge in [-0.05, 0) is 29.1 Å². The third-order valence-electron chi connectivity index (χ3n) is 0.625. The molecule has 0 aliphatic rings. The minimum absolute atomic E-state index is 0.584. The van der Waals surface area contributed by atoms with Crippen LogP contribution in [0.25, 0.3) is 0 Å². The van der Waals surface area contributed by atoms with Gasteiger partial charge < -0.3 is 8.85 Å². The van der Waals surface area contributed by atoms with E-state index in [0.29, 0.717) is 13.2 Å². The molecule has 56 valence electrons. The molecule has 0 aliphatic carbocycles. The predicted octanol–water partition coefficient (Wildman–Crippen LogP) is 2.13. The minimum atomic E-state index is -2.42. The molecule has 0 aromatic rings. The van der Waals surface area contributed by atoms with Crippen molar-refractivity contribution in [3.8, 4) is 0 Å². The van der Waals surface area contributed by atoms with Crippen LogP contribution in [-0.2, 0) is 8.85 Å². The largest absolute Gasteiger partial charge is 0.520 e. The summed E-state index contributed by atoms with van der Waals surface area (Å²) in [7, 11) is 0. The normalized spacial score (nSPS) is 12.0. The Hall–Kier alpha value is 0.907. The van der Waals surface area contributed by atoms with Gasteiger partial charge >= 0.3 is 6.49 Å².